The van der Waals surface area contributed by atoms with Gasteiger partial charge in [-0.3, -0.25) is 4.79 Å². The monoisotopic (exact) mass is 327 g/mol. The van der Waals surface area contributed by atoms with E-state index in [0.29, 0.717) is 16.8 Å². The highest BCUT2D eigenvalue weighted by atomic mass is 32.2. The van der Waals surface area contributed by atoms with Crippen molar-refractivity contribution in [3.05, 3.63) is 47.8 Å². The van der Waals surface area contributed by atoms with Gasteiger partial charge in [-0.1, -0.05) is 12.1 Å². The van der Waals surface area contributed by atoms with E-state index in [2.05, 4.69) is 5.32 Å². The minimum Gasteiger partial charge on any atom is -0.324 e. The molecule has 0 aliphatic carbocycles. The second-order valence-electron chi connectivity index (χ2n) is 4.74. The van der Waals surface area contributed by atoms with Crippen molar-refractivity contribution in [2.75, 3.05) is 11.1 Å². The van der Waals surface area contributed by atoms with Crippen molar-refractivity contribution in [2.24, 2.45) is 0 Å². The van der Waals surface area contributed by atoms with Gasteiger partial charge in [-0.15, -0.1) is 11.8 Å². The van der Waals surface area contributed by atoms with E-state index < -0.39 is 17.6 Å². The Morgan fingerprint density at radius 1 is 1.05 bits per heavy atom. The van der Waals surface area contributed by atoms with Crippen molar-refractivity contribution in [2.45, 2.75) is 11.1 Å². The lowest BCUT2D eigenvalue weighted by Gasteiger charge is -2.17. The normalized spacial score (nSPS) is 14.5. The average Bonchev–Trinajstić information content (AvgIpc) is 2.45. The van der Waals surface area contributed by atoms with Crippen LogP contribution in [0.1, 0.15) is 5.56 Å². The zero-order valence-electron chi connectivity index (χ0n) is 11.0. The average molecular weight is 327 g/mol. The molecule has 0 radical (unpaired) electrons. The van der Waals surface area contributed by atoms with E-state index in [-0.39, 0.29) is 11.7 Å². The minimum absolute atomic E-state index is 0.106. The molecule has 2 aromatic rings. The van der Waals surface area contributed by atoms with Gasteiger partial charge < -0.3 is 5.32 Å². The van der Waals surface area contributed by atoms with Gasteiger partial charge in [-0.25, -0.2) is 4.39 Å². The molecule has 2 nitrogen and oxygen atoms in total. The molecule has 0 saturated carbocycles. The maximum absolute atomic E-state index is 13.6. The molecular formula is C15H9F4NOS. The topological polar surface area (TPSA) is 29.1 Å². The fourth-order valence-electron chi connectivity index (χ4n) is 2.18. The zero-order valence-corrected chi connectivity index (χ0v) is 11.8. The number of anilines is 1. The third kappa shape index (κ3) is 2.81. The second kappa shape index (κ2) is 5.31. The maximum atomic E-state index is 13.6. The summed E-state index contributed by atoms with van der Waals surface area (Å²) in [4.78, 5) is 12.1. The number of carbonyl (C=O) groups is 1. The van der Waals surface area contributed by atoms with Crippen LogP contribution in [0.3, 0.4) is 0 Å². The lowest BCUT2D eigenvalue weighted by atomic mass is 10.0. The van der Waals surface area contributed by atoms with E-state index in [1.165, 1.54) is 17.8 Å². The van der Waals surface area contributed by atoms with Crippen molar-refractivity contribution in [3.63, 3.8) is 0 Å². The molecule has 2 aromatic carbocycles. The quantitative estimate of drug-likeness (QED) is 0.778. The summed E-state index contributed by atoms with van der Waals surface area (Å²) in [5.74, 6) is -1.13. The highest BCUT2D eigenvalue weighted by Gasteiger charge is 2.34. The summed E-state index contributed by atoms with van der Waals surface area (Å²) < 4.78 is 51.3. The van der Waals surface area contributed by atoms with Gasteiger partial charge in [0.25, 0.3) is 0 Å². The van der Waals surface area contributed by atoms with Gasteiger partial charge in [0.2, 0.25) is 5.91 Å². The van der Waals surface area contributed by atoms with Crippen molar-refractivity contribution in [1.29, 1.82) is 0 Å². The van der Waals surface area contributed by atoms with Gasteiger partial charge >= 0.3 is 6.18 Å². The number of halogens is 4. The molecule has 1 heterocycles. The number of alkyl halides is 3. The zero-order chi connectivity index (χ0) is 15.9. The largest absolute Gasteiger partial charge is 0.419 e. The van der Waals surface area contributed by atoms with Gasteiger partial charge in [-0.2, -0.15) is 13.2 Å². The summed E-state index contributed by atoms with van der Waals surface area (Å²) in [6.07, 6.45) is -4.71. The number of hydrogen-bond donors (Lipinski definition) is 1. The molecule has 0 unspecified atom stereocenters. The molecule has 0 fully saturated rings. The van der Waals surface area contributed by atoms with E-state index in [0.717, 1.165) is 17.0 Å². The molecule has 7 heteroatoms. The van der Waals surface area contributed by atoms with Crippen LogP contribution in [0.2, 0.25) is 0 Å². The molecule has 1 N–H and O–H groups in total. The lowest BCUT2D eigenvalue weighted by molar-refractivity contribution is -0.140. The number of amides is 1. The summed E-state index contributed by atoms with van der Waals surface area (Å²) in [6.45, 7) is 0. The van der Waals surface area contributed by atoms with E-state index in [9.17, 15) is 22.4 Å². The Morgan fingerprint density at radius 3 is 2.41 bits per heavy atom. The van der Waals surface area contributed by atoms with Crippen LogP contribution in [0.25, 0.3) is 11.1 Å². The molecule has 0 atom stereocenters. The standard InChI is InChI=1S/C15H9F4NOS/c16-11-5-8(1-3-10(11)15(17,18)19)9-2-4-12-13(6-9)22-7-14(21)20-12/h1-6H,7H2,(H,20,21). The van der Waals surface area contributed by atoms with Gasteiger partial charge in [0.15, 0.2) is 0 Å². The van der Waals surface area contributed by atoms with Crippen LogP contribution in [0, 0.1) is 5.82 Å². The van der Waals surface area contributed by atoms with Crippen molar-refractivity contribution >= 4 is 23.4 Å². The number of thioether (sulfide) groups is 1. The molecule has 22 heavy (non-hydrogen) atoms. The molecule has 3 rings (SSSR count). The summed E-state index contributed by atoms with van der Waals surface area (Å²) >= 11 is 1.33. The molecular weight excluding hydrogens is 318 g/mol. The van der Waals surface area contributed by atoms with Crippen LogP contribution in [-0.2, 0) is 11.0 Å². The Labute approximate surface area is 127 Å². The molecule has 1 amide bonds. The lowest BCUT2D eigenvalue weighted by Crippen LogP contribution is -2.18. The summed E-state index contributed by atoms with van der Waals surface area (Å²) in [6, 6.07) is 7.86. The van der Waals surface area contributed by atoms with Crippen molar-refractivity contribution in [3.8, 4) is 11.1 Å². The Morgan fingerprint density at radius 2 is 1.73 bits per heavy atom. The predicted molar refractivity (Wildman–Crippen MR) is 76.2 cm³/mol. The van der Waals surface area contributed by atoms with Crippen molar-refractivity contribution in [1.82, 2.24) is 0 Å². The highest BCUT2D eigenvalue weighted by molar-refractivity contribution is 8.00. The van der Waals surface area contributed by atoms with Gasteiger partial charge in [0.05, 0.1) is 17.0 Å². The molecule has 114 valence electrons. The van der Waals surface area contributed by atoms with E-state index >= 15 is 0 Å². The number of fused-ring (bicyclic) bond motifs is 1. The summed E-state index contributed by atoms with van der Waals surface area (Å²) in [5.41, 5.74) is 0.314. The molecule has 1 aliphatic heterocycles. The summed E-state index contributed by atoms with van der Waals surface area (Å²) in [5, 5.41) is 2.70. The summed E-state index contributed by atoms with van der Waals surface area (Å²) in [7, 11) is 0. The smallest absolute Gasteiger partial charge is 0.324 e. The maximum Gasteiger partial charge on any atom is 0.419 e. The van der Waals surface area contributed by atoms with E-state index in [4.69, 9.17) is 0 Å². The highest BCUT2D eigenvalue weighted by Crippen LogP contribution is 2.37. The fraction of sp³-hybridized carbons (Fsp3) is 0.133. The van der Waals surface area contributed by atoms with Gasteiger partial charge in [0.1, 0.15) is 5.82 Å². The number of rotatable bonds is 1. The molecule has 0 aromatic heterocycles. The third-order valence-electron chi connectivity index (χ3n) is 3.22. The first-order valence-corrected chi connectivity index (χ1v) is 7.27. The van der Waals surface area contributed by atoms with Crippen LogP contribution < -0.4 is 5.32 Å². The number of nitrogens with one attached hydrogen (secondary N) is 1. The van der Waals surface area contributed by atoms with Crippen LogP contribution in [0.4, 0.5) is 23.2 Å². The first-order valence-electron chi connectivity index (χ1n) is 6.28. The van der Waals surface area contributed by atoms with Crippen LogP contribution in [0.5, 0.6) is 0 Å². The third-order valence-corrected chi connectivity index (χ3v) is 4.28. The molecule has 1 aliphatic rings. The second-order valence-corrected chi connectivity index (χ2v) is 5.76. The SMILES string of the molecule is O=C1CSc2cc(-c3ccc(C(F)(F)F)c(F)c3)ccc2N1. The minimum atomic E-state index is -4.71. The fourth-order valence-corrected chi connectivity index (χ4v) is 3.02. The number of carbonyl (C=O) groups excluding carboxylic acids is 1. The molecule has 0 spiro atoms. The van der Waals surface area contributed by atoms with E-state index in [1.807, 2.05) is 0 Å². The Hall–Kier alpha value is -2.02. The number of hydrogen-bond acceptors (Lipinski definition) is 2. The molecule has 0 saturated heterocycles. The Bertz CT molecular complexity index is 758. The van der Waals surface area contributed by atoms with Crippen molar-refractivity contribution < 1.29 is 22.4 Å². The molecule has 0 bridgehead atoms. The van der Waals surface area contributed by atoms with Crippen LogP contribution >= 0.6 is 11.8 Å². The van der Waals surface area contributed by atoms with Gasteiger partial charge in [-0.05, 0) is 35.4 Å². The van der Waals surface area contributed by atoms with Crippen LogP contribution in [-0.4, -0.2) is 11.7 Å². The number of benzene rings is 2. The predicted octanol–water partition coefficient (Wildman–Crippen LogP) is 4.56. The van der Waals surface area contributed by atoms with Gasteiger partial charge in [0, 0.05) is 4.90 Å². The first kappa shape index (κ1) is 14.9. The first-order chi connectivity index (χ1) is 10.3. The van der Waals surface area contributed by atoms with E-state index in [1.54, 1.807) is 18.2 Å². The Kier molecular flexibility index (Phi) is 3.60. The Balaban J connectivity index is 1.98. The van der Waals surface area contributed by atoms with Crippen LogP contribution in [0.15, 0.2) is 41.3 Å².